The third-order valence-electron chi connectivity index (χ3n) is 9.79. The zero-order valence-electron chi connectivity index (χ0n) is 22.9. The molecule has 8 rings (SSSR count). The van der Waals surface area contributed by atoms with E-state index in [0.29, 0.717) is 18.7 Å². The van der Waals surface area contributed by atoms with Crippen molar-refractivity contribution < 1.29 is 48.2 Å². The first-order valence-corrected chi connectivity index (χ1v) is 14.4. The predicted molar refractivity (Wildman–Crippen MR) is 139 cm³/mol. The monoisotopic (exact) mass is 593 g/mol. The van der Waals surface area contributed by atoms with Crippen LogP contribution in [0.1, 0.15) is 69.1 Å². The Morgan fingerprint density at radius 2 is 1.67 bits per heavy atom. The number of pyridine rings is 1. The third-order valence-corrected chi connectivity index (χ3v) is 9.79. The molecule has 14 heteroatoms. The summed E-state index contributed by atoms with van der Waals surface area (Å²) in [6, 6.07) is 5.64. The van der Waals surface area contributed by atoms with E-state index in [1.807, 2.05) is 22.7 Å². The second-order valence-electron chi connectivity index (χ2n) is 12.8. The van der Waals surface area contributed by atoms with Gasteiger partial charge in [-0.3, -0.25) is 14.9 Å². The highest BCUT2D eigenvalue weighted by Crippen LogP contribution is 2.55. The van der Waals surface area contributed by atoms with Crippen LogP contribution < -0.4 is 30.4 Å². The van der Waals surface area contributed by atoms with Gasteiger partial charge in [0.05, 0.1) is 19.3 Å². The Labute approximate surface area is 240 Å². The fraction of sp³-hybridized carbons (Fsp3) is 0.607. The van der Waals surface area contributed by atoms with Gasteiger partial charge in [-0.1, -0.05) is 6.07 Å². The lowest BCUT2D eigenvalue weighted by atomic mass is 9.53. The van der Waals surface area contributed by atoms with Gasteiger partial charge in [0.2, 0.25) is 5.69 Å². The number of hydrogen-bond donors (Lipinski definition) is 5. The number of imide groups is 1. The number of alkyl halides is 3. The smallest absolute Gasteiger partial charge is 0.430 e. The molecule has 2 aliphatic heterocycles. The molecule has 0 unspecified atom stereocenters. The van der Waals surface area contributed by atoms with Crippen molar-refractivity contribution in [3.63, 3.8) is 0 Å². The summed E-state index contributed by atoms with van der Waals surface area (Å²) < 4.78 is 33.5. The van der Waals surface area contributed by atoms with Crippen molar-refractivity contribution in [2.45, 2.75) is 75.2 Å². The summed E-state index contributed by atoms with van der Waals surface area (Å²) in [5.74, 6) is -0.272. The van der Waals surface area contributed by atoms with E-state index < -0.39 is 17.7 Å². The molecule has 1 spiro atoms. The SMILES string of the molecule is O=C([O-])C(F)(F)F.O=C1NC(=O)C2(CC[NH+](Cc3[nH]c(C(=O)NC45CC6CC(CC(C6)C4)C5)[n+]4ccccc34)CC2)N1.[HH]. The molecule has 0 aromatic carbocycles. The average molecular weight is 594 g/mol. The van der Waals surface area contributed by atoms with E-state index >= 15 is 0 Å². The molecule has 2 saturated heterocycles. The van der Waals surface area contributed by atoms with Gasteiger partial charge in [0.25, 0.3) is 5.91 Å². The minimum Gasteiger partial charge on any atom is -0.542 e. The van der Waals surface area contributed by atoms with Crippen molar-refractivity contribution >= 4 is 29.3 Å². The molecule has 4 aliphatic carbocycles. The van der Waals surface area contributed by atoms with E-state index in [1.54, 1.807) is 0 Å². The largest absolute Gasteiger partial charge is 0.542 e. The molecule has 0 radical (unpaired) electrons. The number of quaternary nitrogens is 1. The van der Waals surface area contributed by atoms with Crippen molar-refractivity contribution in [1.29, 1.82) is 0 Å². The number of aromatic nitrogens is 2. The number of carbonyl (C=O) groups excluding carboxylic acids is 4. The van der Waals surface area contributed by atoms with Crippen LogP contribution in [-0.2, 0) is 16.1 Å². The highest BCUT2D eigenvalue weighted by atomic mass is 19.4. The fourth-order valence-electron chi connectivity index (χ4n) is 8.35. The Balaban J connectivity index is 0.000000415. The highest BCUT2D eigenvalue weighted by molar-refractivity contribution is 6.07. The molecule has 5 N–H and O–H groups in total. The van der Waals surface area contributed by atoms with Gasteiger partial charge >= 0.3 is 23.9 Å². The molecule has 6 fully saturated rings. The van der Waals surface area contributed by atoms with Gasteiger partial charge in [0.1, 0.15) is 18.1 Å². The standard InChI is InChI=1S/C26H32N6O3.C2HF3O2.H2/c33-22(29-25-12-16-9-17(13-25)11-18(10-16)14-25)21-27-19(20-3-1-2-6-32(20)21)15-31-7-4-26(5-8-31)23(34)28-24(35)30-26;3-2(4,5)1(6)7;/h1-3,6,16-18H,4-5,7-15H2,(H3,28,29,30,33,34,35);(H,6,7);1H/p+1. The molecule has 6 aliphatic rings. The second kappa shape index (κ2) is 10.2. The predicted octanol–water partition coefficient (Wildman–Crippen LogP) is -0.246. The number of likely N-dealkylation sites (tertiary alicyclic amines) is 1. The third kappa shape index (κ3) is 5.32. The summed E-state index contributed by atoms with van der Waals surface area (Å²) in [5, 5.41) is 17.5. The van der Waals surface area contributed by atoms with Crippen molar-refractivity contribution in [3.8, 4) is 0 Å². The van der Waals surface area contributed by atoms with Crippen LogP contribution in [0, 0.1) is 17.8 Å². The van der Waals surface area contributed by atoms with Crippen LogP contribution in [0.25, 0.3) is 5.52 Å². The Kier molecular flexibility index (Phi) is 6.94. The minimum absolute atomic E-state index is 0. The number of rotatable bonds is 4. The highest BCUT2D eigenvalue weighted by Gasteiger charge is 2.52. The van der Waals surface area contributed by atoms with E-state index in [2.05, 4.69) is 27.0 Å². The van der Waals surface area contributed by atoms with Crippen molar-refractivity contribution in [2.24, 2.45) is 17.8 Å². The zero-order valence-corrected chi connectivity index (χ0v) is 22.9. The average Bonchev–Trinajstić information content (AvgIpc) is 3.40. The van der Waals surface area contributed by atoms with Gasteiger partial charge in [-0.25, -0.2) is 9.78 Å². The summed E-state index contributed by atoms with van der Waals surface area (Å²) in [5.41, 5.74) is 1.27. The summed E-state index contributed by atoms with van der Waals surface area (Å²) in [4.78, 5) is 51.2. The van der Waals surface area contributed by atoms with Crippen LogP contribution in [0.2, 0.25) is 0 Å². The van der Waals surface area contributed by atoms with Gasteiger partial charge in [-0.05, 0) is 68.4 Å². The number of imidazole rings is 1. The first-order valence-electron chi connectivity index (χ1n) is 14.4. The van der Waals surface area contributed by atoms with E-state index in [1.165, 1.54) is 24.2 Å². The van der Waals surface area contributed by atoms with Crippen molar-refractivity contribution in [1.82, 2.24) is 20.9 Å². The fourth-order valence-corrected chi connectivity index (χ4v) is 8.35. The molecule has 2 aromatic rings. The number of nitrogens with one attached hydrogen (secondary N) is 5. The Morgan fingerprint density at radius 1 is 1.07 bits per heavy atom. The number of amides is 4. The molecular weight excluding hydrogens is 557 g/mol. The van der Waals surface area contributed by atoms with Gasteiger partial charge < -0.3 is 25.4 Å². The van der Waals surface area contributed by atoms with Crippen LogP contribution in [0.3, 0.4) is 0 Å². The molecular formula is C28H36F3N6O5+. The number of urea groups is 1. The normalized spacial score (nSPS) is 33.2. The topological polar surface area (TPSA) is 152 Å². The van der Waals surface area contributed by atoms with Crippen LogP contribution in [0.15, 0.2) is 24.4 Å². The summed E-state index contributed by atoms with van der Waals surface area (Å²) in [6.45, 7) is 2.30. The number of halogens is 3. The second-order valence-corrected chi connectivity index (χ2v) is 12.8. The molecule has 4 bridgehead atoms. The lowest BCUT2D eigenvalue weighted by Gasteiger charge is -2.56. The van der Waals surface area contributed by atoms with Crippen LogP contribution in [0.5, 0.6) is 0 Å². The lowest BCUT2D eigenvalue weighted by molar-refractivity contribution is -0.919. The molecule has 2 aromatic heterocycles. The minimum atomic E-state index is -5.19. The molecule has 0 atom stereocenters. The first-order chi connectivity index (χ1) is 19.8. The van der Waals surface area contributed by atoms with Gasteiger partial charge in [-0.15, -0.1) is 0 Å². The zero-order chi connectivity index (χ0) is 29.9. The number of hydrogen-bond acceptors (Lipinski definition) is 5. The number of fused-ring (bicyclic) bond motifs is 1. The van der Waals surface area contributed by atoms with Crippen LogP contribution >= 0.6 is 0 Å². The molecule has 4 saturated carbocycles. The molecule has 228 valence electrons. The van der Waals surface area contributed by atoms with Gasteiger partial charge in [0, 0.05) is 19.8 Å². The molecule has 4 amide bonds. The maximum absolute atomic E-state index is 13.6. The number of carboxylic acids is 1. The number of piperidine rings is 1. The van der Waals surface area contributed by atoms with Crippen molar-refractivity contribution in [3.05, 3.63) is 35.9 Å². The quantitative estimate of drug-likeness (QED) is 0.245. The van der Waals surface area contributed by atoms with Crippen LogP contribution in [0.4, 0.5) is 18.0 Å². The summed E-state index contributed by atoms with van der Waals surface area (Å²) in [6.07, 6.45) is 5.44. The molecule has 4 heterocycles. The number of aliphatic carboxylic acids is 1. The number of nitrogens with zero attached hydrogens (tertiary/aromatic N) is 1. The van der Waals surface area contributed by atoms with E-state index in [0.717, 1.165) is 67.9 Å². The molecule has 11 nitrogen and oxygen atoms in total. The number of carboxylic acid groups (broad SMARTS) is 1. The maximum atomic E-state index is 13.6. The Bertz CT molecular complexity index is 1400. The first kappa shape index (κ1) is 28.4. The van der Waals surface area contributed by atoms with Crippen LogP contribution in [-0.4, -0.2) is 59.1 Å². The Morgan fingerprint density at radius 3 is 2.19 bits per heavy atom. The maximum Gasteiger partial charge on any atom is 0.430 e. The van der Waals surface area contributed by atoms with Gasteiger partial charge in [-0.2, -0.15) is 17.6 Å². The summed E-state index contributed by atoms with van der Waals surface area (Å²) >= 11 is 0. The lowest BCUT2D eigenvalue weighted by Crippen LogP contribution is -3.12. The van der Waals surface area contributed by atoms with E-state index in [9.17, 15) is 27.6 Å². The molecule has 42 heavy (non-hydrogen) atoms. The number of carbonyl (C=O) groups is 4. The van der Waals surface area contributed by atoms with Crippen molar-refractivity contribution in [2.75, 3.05) is 13.1 Å². The summed E-state index contributed by atoms with van der Waals surface area (Å²) in [7, 11) is 0. The number of aromatic amines is 1. The van der Waals surface area contributed by atoms with E-state index in [4.69, 9.17) is 9.90 Å². The number of H-pyrrole nitrogens is 1. The van der Waals surface area contributed by atoms with Gasteiger partial charge in [0.15, 0.2) is 5.52 Å². The van der Waals surface area contributed by atoms with E-state index in [-0.39, 0.29) is 24.8 Å². The Hall–Kier alpha value is -3.68.